The number of rotatable bonds is 6. The molecule has 1 aliphatic carbocycles. The van der Waals surface area contributed by atoms with Gasteiger partial charge in [0, 0.05) is 6.07 Å². The Balaban J connectivity index is 1.59. The van der Waals surface area contributed by atoms with Crippen LogP contribution in [-0.2, 0) is 6.42 Å². The number of halogens is 2. The molecule has 0 aliphatic heterocycles. The van der Waals surface area contributed by atoms with Crippen LogP contribution in [0.4, 0.5) is 8.78 Å². The van der Waals surface area contributed by atoms with E-state index in [1.165, 1.54) is 56.2 Å². The van der Waals surface area contributed by atoms with Gasteiger partial charge in [0.1, 0.15) is 11.6 Å². The quantitative estimate of drug-likeness (QED) is 0.505. The predicted octanol–water partition coefficient (Wildman–Crippen LogP) is 7.42. The van der Waals surface area contributed by atoms with Gasteiger partial charge in [-0.3, -0.25) is 0 Å². The van der Waals surface area contributed by atoms with Crippen molar-refractivity contribution >= 4 is 0 Å². The molecule has 0 nitrogen and oxygen atoms in total. The minimum absolute atomic E-state index is 0.531. The maximum atomic E-state index is 13.4. The first-order valence-corrected chi connectivity index (χ1v) is 10.1. The summed E-state index contributed by atoms with van der Waals surface area (Å²) in [6.07, 6.45) is 9.31. The number of benzene rings is 2. The molecule has 0 heterocycles. The molecule has 1 atom stereocenters. The average molecular weight is 357 g/mol. The SMILES string of the molecule is CCCC1CCC(C(C)Cc2ccc(-c3cc(F)cc(F)c3)cc2)CC1. The molecule has 1 aliphatic rings. The topological polar surface area (TPSA) is 0 Å². The highest BCUT2D eigenvalue weighted by Crippen LogP contribution is 2.36. The van der Waals surface area contributed by atoms with Gasteiger partial charge in [0.2, 0.25) is 0 Å². The summed E-state index contributed by atoms with van der Waals surface area (Å²) in [6, 6.07) is 11.9. The Morgan fingerprint density at radius 3 is 2.08 bits per heavy atom. The first-order valence-electron chi connectivity index (χ1n) is 10.1. The fraction of sp³-hybridized carbons (Fsp3) is 0.500. The van der Waals surface area contributed by atoms with Crippen molar-refractivity contribution in [2.75, 3.05) is 0 Å². The van der Waals surface area contributed by atoms with Crippen LogP contribution in [0, 0.1) is 29.4 Å². The van der Waals surface area contributed by atoms with Crippen LogP contribution >= 0.6 is 0 Å². The average Bonchev–Trinajstić information content (AvgIpc) is 2.62. The summed E-state index contributed by atoms with van der Waals surface area (Å²) in [4.78, 5) is 0. The number of hydrogen-bond acceptors (Lipinski definition) is 0. The second-order valence-corrected chi connectivity index (χ2v) is 8.11. The highest BCUT2D eigenvalue weighted by Gasteiger charge is 2.24. The van der Waals surface area contributed by atoms with E-state index in [4.69, 9.17) is 0 Å². The predicted molar refractivity (Wildman–Crippen MR) is 105 cm³/mol. The normalized spacial score (nSPS) is 21.5. The van der Waals surface area contributed by atoms with Crippen molar-refractivity contribution in [3.63, 3.8) is 0 Å². The largest absolute Gasteiger partial charge is 0.207 e. The Hall–Kier alpha value is -1.70. The van der Waals surface area contributed by atoms with Gasteiger partial charge in [0.25, 0.3) is 0 Å². The number of hydrogen-bond donors (Lipinski definition) is 0. The Bertz CT molecular complexity index is 676. The van der Waals surface area contributed by atoms with Crippen molar-refractivity contribution in [1.29, 1.82) is 0 Å². The second kappa shape index (κ2) is 8.79. The molecule has 0 saturated heterocycles. The van der Waals surface area contributed by atoms with Crippen LogP contribution in [0.1, 0.15) is 57.9 Å². The Labute approximate surface area is 156 Å². The van der Waals surface area contributed by atoms with Gasteiger partial charge in [-0.15, -0.1) is 0 Å². The fourth-order valence-electron chi connectivity index (χ4n) is 4.55. The molecule has 0 aromatic heterocycles. The third-order valence-corrected chi connectivity index (χ3v) is 6.10. The molecule has 2 heteroatoms. The molecular formula is C24H30F2. The van der Waals surface area contributed by atoms with E-state index < -0.39 is 11.6 Å². The smallest absolute Gasteiger partial charge is 0.126 e. The second-order valence-electron chi connectivity index (χ2n) is 8.11. The van der Waals surface area contributed by atoms with E-state index in [2.05, 4.69) is 26.0 Å². The van der Waals surface area contributed by atoms with Gasteiger partial charge in [-0.05, 0) is 65.8 Å². The van der Waals surface area contributed by atoms with Crippen molar-refractivity contribution in [3.8, 4) is 11.1 Å². The van der Waals surface area contributed by atoms with Gasteiger partial charge in [-0.1, -0.05) is 63.8 Å². The maximum Gasteiger partial charge on any atom is 0.126 e. The first kappa shape index (κ1) is 19.1. The van der Waals surface area contributed by atoms with Gasteiger partial charge < -0.3 is 0 Å². The lowest BCUT2D eigenvalue weighted by molar-refractivity contribution is 0.206. The van der Waals surface area contributed by atoms with Crippen molar-refractivity contribution in [3.05, 3.63) is 59.7 Å². The lowest BCUT2D eigenvalue weighted by Crippen LogP contribution is -2.21. The Kier molecular flexibility index (Phi) is 6.45. The van der Waals surface area contributed by atoms with E-state index in [0.717, 1.165) is 29.9 Å². The van der Waals surface area contributed by atoms with Gasteiger partial charge >= 0.3 is 0 Å². The van der Waals surface area contributed by atoms with E-state index in [-0.39, 0.29) is 0 Å². The zero-order valence-electron chi connectivity index (χ0n) is 16.0. The molecule has 26 heavy (non-hydrogen) atoms. The molecule has 0 radical (unpaired) electrons. The van der Waals surface area contributed by atoms with Gasteiger partial charge in [-0.25, -0.2) is 8.78 Å². The molecule has 1 saturated carbocycles. The first-order chi connectivity index (χ1) is 12.5. The van der Waals surface area contributed by atoms with Crippen LogP contribution in [0.2, 0.25) is 0 Å². The molecule has 0 bridgehead atoms. The molecule has 2 aromatic rings. The third kappa shape index (κ3) is 4.93. The molecular weight excluding hydrogens is 326 g/mol. The van der Waals surface area contributed by atoms with E-state index in [9.17, 15) is 8.78 Å². The molecule has 0 N–H and O–H groups in total. The maximum absolute atomic E-state index is 13.4. The van der Waals surface area contributed by atoms with Crippen molar-refractivity contribution < 1.29 is 8.78 Å². The van der Waals surface area contributed by atoms with Gasteiger partial charge in [0.15, 0.2) is 0 Å². The monoisotopic (exact) mass is 356 g/mol. The fourth-order valence-corrected chi connectivity index (χ4v) is 4.55. The molecule has 1 unspecified atom stereocenters. The Morgan fingerprint density at radius 1 is 0.885 bits per heavy atom. The summed E-state index contributed by atoms with van der Waals surface area (Å²) in [6.45, 7) is 4.66. The molecule has 1 fully saturated rings. The van der Waals surface area contributed by atoms with Crippen LogP contribution in [0.5, 0.6) is 0 Å². The summed E-state index contributed by atoms with van der Waals surface area (Å²) in [5, 5.41) is 0. The summed E-state index contributed by atoms with van der Waals surface area (Å²) in [5.74, 6) is 1.41. The van der Waals surface area contributed by atoms with Crippen LogP contribution in [0.25, 0.3) is 11.1 Å². The van der Waals surface area contributed by atoms with Crippen molar-refractivity contribution in [1.82, 2.24) is 0 Å². The molecule has 140 valence electrons. The standard InChI is InChI=1S/C24H30F2/c1-3-4-18-5-9-20(10-6-18)17(2)13-19-7-11-21(12-8-19)22-14-23(25)16-24(26)15-22/h7-8,11-12,14-18,20H,3-6,9-10,13H2,1-2H3. The van der Waals surface area contributed by atoms with E-state index in [1.54, 1.807) is 0 Å². The molecule has 2 aromatic carbocycles. The molecule has 0 spiro atoms. The Morgan fingerprint density at radius 2 is 1.50 bits per heavy atom. The molecule has 3 rings (SSSR count). The van der Waals surface area contributed by atoms with Crippen LogP contribution in [0.15, 0.2) is 42.5 Å². The zero-order chi connectivity index (χ0) is 18.5. The van der Waals surface area contributed by atoms with Crippen LogP contribution in [-0.4, -0.2) is 0 Å². The summed E-state index contributed by atoms with van der Waals surface area (Å²) < 4.78 is 26.8. The van der Waals surface area contributed by atoms with E-state index in [0.29, 0.717) is 11.5 Å². The minimum atomic E-state index is -0.531. The summed E-state index contributed by atoms with van der Waals surface area (Å²) >= 11 is 0. The summed E-state index contributed by atoms with van der Waals surface area (Å²) in [7, 11) is 0. The van der Waals surface area contributed by atoms with Crippen molar-refractivity contribution in [2.45, 2.75) is 58.8 Å². The highest BCUT2D eigenvalue weighted by molar-refractivity contribution is 5.63. The van der Waals surface area contributed by atoms with Crippen LogP contribution in [0.3, 0.4) is 0 Å². The van der Waals surface area contributed by atoms with Gasteiger partial charge in [-0.2, -0.15) is 0 Å². The van der Waals surface area contributed by atoms with E-state index >= 15 is 0 Å². The van der Waals surface area contributed by atoms with Crippen LogP contribution < -0.4 is 0 Å². The summed E-state index contributed by atoms with van der Waals surface area (Å²) in [5.41, 5.74) is 2.77. The lowest BCUT2D eigenvalue weighted by Gasteiger charge is -2.32. The van der Waals surface area contributed by atoms with Crippen molar-refractivity contribution in [2.24, 2.45) is 17.8 Å². The molecule has 0 amide bonds. The minimum Gasteiger partial charge on any atom is -0.207 e. The third-order valence-electron chi connectivity index (χ3n) is 6.10. The van der Waals surface area contributed by atoms with E-state index in [1.807, 2.05) is 12.1 Å². The van der Waals surface area contributed by atoms with Gasteiger partial charge in [0.05, 0.1) is 0 Å². The highest BCUT2D eigenvalue weighted by atomic mass is 19.1. The lowest BCUT2D eigenvalue weighted by atomic mass is 9.74. The zero-order valence-corrected chi connectivity index (χ0v) is 16.0.